The van der Waals surface area contributed by atoms with Crippen molar-refractivity contribution >= 4 is 18.0 Å². The van der Waals surface area contributed by atoms with Crippen molar-refractivity contribution in [2.45, 2.75) is 5.92 Å². The first kappa shape index (κ1) is 19.0. The fourth-order valence-electron chi connectivity index (χ4n) is 2.81. The number of nitrogens with zero attached hydrogens (tertiary/aromatic N) is 1. The van der Waals surface area contributed by atoms with Crippen LogP contribution in [-0.2, 0) is 9.59 Å². The van der Waals surface area contributed by atoms with E-state index in [0.29, 0.717) is 0 Å². The van der Waals surface area contributed by atoms with Gasteiger partial charge in [-0.25, -0.2) is 5.43 Å². The average molecular weight is 371 g/mol. The minimum Gasteiger partial charge on any atom is -0.346 e. The zero-order valence-corrected chi connectivity index (χ0v) is 15.3. The van der Waals surface area contributed by atoms with E-state index < -0.39 is 5.92 Å². The van der Waals surface area contributed by atoms with Crippen LogP contribution in [-0.4, -0.2) is 24.6 Å². The molecule has 3 aromatic rings. The van der Waals surface area contributed by atoms with Gasteiger partial charge in [-0.15, -0.1) is 0 Å². The molecule has 0 atom stereocenters. The first-order valence-electron chi connectivity index (χ1n) is 8.98. The molecule has 3 rings (SSSR count). The van der Waals surface area contributed by atoms with Crippen LogP contribution in [0, 0.1) is 0 Å². The van der Waals surface area contributed by atoms with Crippen molar-refractivity contribution < 1.29 is 9.59 Å². The molecule has 0 aliphatic heterocycles. The number of hydrogen-bond donors (Lipinski definition) is 2. The van der Waals surface area contributed by atoms with Crippen LogP contribution >= 0.6 is 0 Å². The standard InChI is InChI=1S/C23H21N3O2/c27-21(26-25-16-18-10-4-1-5-11-18)17-24-23(28)22(19-12-6-2-7-13-19)20-14-8-3-9-15-20/h1-16,22H,17H2,(H,24,28)(H,26,27)/b25-16-. The van der Waals surface area contributed by atoms with E-state index in [1.54, 1.807) is 6.21 Å². The number of nitrogens with one attached hydrogen (secondary N) is 2. The second-order valence-corrected chi connectivity index (χ2v) is 6.18. The first-order valence-corrected chi connectivity index (χ1v) is 8.98. The van der Waals surface area contributed by atoms with Crippen LogP contribution in [0.3, 0.4) is 0 Å². The van der Waals surface area contributed by atoms with Crippen LogP contribution in [0.1, 0.15) is 22.6 Å². The van der Waals surface area contributed by atoms with Crippen LogP contribution in [0.5, 0.6) is 0 Å². The van der Waals surface area contributed by atoms with Gasteiger partial charge in [-0.2, -0.15) is 5.10 Å². The quantitative estimate of drug-likeness (QED) is 0.495. The van der Waals surface area contributed by atoms with Crippen LogP contribution in [0.15, 0.2) is 96.1 Å². The Bertz CT molecular complexity index is 886. The Kier molecular flexibility index (Phi) is 6.68. The van der Waals surface area contributed by atoms with Gasteiger partial charge in [-0.05, 0) is 16.7 Å². The van der Waals surface area contributed by atoms with Crippen molar-refractivity contribution in [1.29, 1.82) is 0 Å². The summed E-state index contributed by atoms with van der Waals surface area (Å²) >= 11 is 0. The maximum absolute atomic E-state index is 12.8. The van der Waals surface area contributed by atoms with E-state index in [-0.39, 0.29) is 18.4 Å². The highest BCUT2D eigenvalue weighted by Gasteiger charge is 2.22. The number of hydrogen-bond acceptors (Lipinski definition) is 3. The number of rotatable bonds is 7. The minimum absolute atomic E-state index is 0.152. The van der Waals surface area contributed by atoms with Gasteiger partial charge in [0.25, 0.3) is 5.91 Å². The highest BCUT2D eigenvalue weighted by molar-refractivity contribution is 5.91. The Hall–Kier alpha value is -3.73. The third-order valence-electron chi connectivity index (χ3n) is 4.15. The van der Waals surface area contributed by atoms with Gasteiger partial charge in [0.1, 0.15) is 0 Å². The SMILES string of the molecule is O=C(CNC(=O)C(c1ccccc1)c1ccccc1)N/N=C\c1ccccc1. The molecule has 0 heterocycles. The average Bonchev–Trinajstić information content (AvgIpc) is 2.75. The number of carbonyl (C=O) groups excluding carboxylic acids is 2. The van der Waals surface area contributed by atoms with E-state index in [4.69, 9.17) is 0 Å². The summed E-state index contributed by atoms with van der Waals surface area (Å²) in [6.07, 6.45) is 1.55. The molecule has 0 spiro atoms. The van der Waals surface area contributed by atoms with Crippen molar-refractivity contribution in [2.24, 2.45) is 5.10 Å². The van der Waals surface area contributed by atoms with E-state index in [1.807, 2.05) is 91.0 Å². The summed E-state index contributed by atoms with van der Waals surface area (Å²) in [6, 6.07) is 28.4. The van der Waals surface area contributed by atoms with E-state index >= 15 is 0 Å². The predicted octanol–water partition coefficient (Wildman–Crippen LogP) is 3.09. The monoisotopic (exact) mass is 371 g/mol. The lowest BCUT2D eigenvalue weighted by molar-refractivity contribution is -0.126. The minimum atomic E-state index is -0.483. The third kappa shape index (κ3) is 5.38. The molecule has 0 aliphatic carbocycles. The van der Waals surface area contributed by atoms with E-state index in [2.05, 4.69) is 15.8 Å². The highest BCUT2D eigenvalue weighted by Crippen LogP contribution is 2.24. The zero-order chi connectivity index (χ0) is 19.6. The summed E-state index contributed by atoms with van der Waals surface area (Å²) in [7, 11) is 0. The molecule has 2 amide bonds. The van der Waals surface area contributed by atoms with Gasteiger partial charge >= 0.3 is 0 Å². The largest absolute Gasteiger partial charge is 0.346 e. The summed E-state index contributed by atoms with van der Waals surface area (Å²) in [6.45, 7) is -0.152. The number of benzene rings is 3. The Labute approximate surface area is 164 Å². The van der Waals surface area contributed by atoms with Gasteiger partial charge in [0.2, 0.25) is 5.91 Å². The van der Waals surface area contributed by atoms with Gasteiger partial charge < -0.3 is 5.32 Å². The van der Waals surface area contributed by atoms with Crippen LogP contribution in [0.2, 0.25) is 0 Å². The van der Waals surface area contributed by atoms with E-state index in [9.17, 15) is 9.59 Å². The molecule has 0 radical (unpaired) electrons. The van der Waals surface area contributed by atoms with E-state index in [1.165, 1.54) is 0 Å². The Morgan fingerprint density at radius 2 is 1.29 bits per heavy atom. The summed E-state index contributed by atoms with van der Waals surface area (Å²) in [4.78, 5) is 24.8. The molecule has 0 aromatic heterocycles. The second-order valence-electron chi connectivity index (χ2n) is 6.18. The molecule has 0 aliphatic rings. The zero-order valence-electron chi connectivity index (χ0n) is 15.3. The number of carbonyl (C=O) groups is 2. The van der Waals surface area contributed by atoms with Gasteiger partial charge in [0.05, 0.1) is 18.7 Å². The Balaban J connectivity index is 1.61. The van der Waals surface area contributed by atoms with Crippen molar-refractivity contribution in [3.05, 3.63) is 108 Å². The summed E-state index contributed by atoms with van der Waals surface area (Å²) in [5.41, 5.74) is 5.03. The van der Waals surface area contributed by atoms with Gasteiger partial charge in [-0.1, -0.05) is 91.0 Å². The molecule has 0 unspecified atom stereocenters. The normalized spacial score (nSPS) is 10.8. The Morgan fingerprint density at radius 3 is 1.82 bits per heavy atom. The molecule has 0 saturated heterocycles. The molecule has 5 nitrogen and oxygen atoms in total. The van der Waals surface area contributed by atoms with Crippen molar-refractivity contribution in [3.63, 3.8) is 0 Å². The van der Waals surface area contributed by atoms with Crippen molar-refractivity contribution in [1.82, 2.24) is 10.7 Å². The second kappa shape index (κ2) is 9.83. The number of amides is 2. The maximum atomic E-state index is 12.8. The summed E-state index contributed by atoms with van der Waals surface area (Å²) in [5.74, 6) is -1.11. The van der Waals surface area contributed by atoms with Crippen LogP contribution in [0.4, 0.5) is 0 Å². The van der Waals surface area contributed by atoms with Crippen molar-refractivity contribution in [2.75, 3.05) is 6.54 Å². The molecule has 2 N–H and O–H groups in total. The molecule has 0 bridgehead atoms. The molecule has 5 heteroatoms. The van der Waals surface area contributed by atoms with Crippen LogP contribution < -0.4 is 10.7 Å². The summed E-state index contributed by atoms with van der Waals surface area (Å²) < 4.78 is 0. The van der Waals surface area contributed by atoms with Gasteiger partial charge in [0, 0.05) is 0 Å². The fraction of sp³-hybridized carbons (Fsp3) is 0.0870. The number of hydrazone groups is 1. The maximum Gasteiger partial charge on any atom is 0.259 e. The predicted molar refractivity (Wildman–Crippen MR) is 110 cm³/mol. The molecule has 3 aromatic carbocycles. The van der Waals surface area contributed by atoms with Crippen molar-refractivity contribution in [3.8, 4) is 0 Å². The van der Waals surface area contributed by atoms with Crippen LogP contribution in [0.25, 0.3) is 0 Å². The first-order chi connectivity index (χ1) is 13.7. The lowest BCUT2D eigenvalue weighted by Gasteiger charge is -2.17. The summed E-state index contributed by atoms with van der Waals surface area (Å²) in [5, 5.41) is 6.61. The third-order valence-corrected chi connectivity index (χ3v) is 4.15. The van der Waals surface area contributed by atoms with Gasteiger partial charge in [-0.3, -0.25) is 9.59 Å². The molecular formula is C23H21N3O2. The lowest BCUT2D eigenvalue weighted by Crippen LogP contribution is -2.37. The molecule has 0 fully saturated rings. The smallest absolute Gasteiger partial charge is 0.259 e. The molecule has 28 heavy (non-hydrogen) atoms. The van der Waals surface area contributed by atoms with Gasteiger partial charge in [0.15, 0.2) is 0 Å². The van der Waals surface area contributed by atoms with E-state index in [0.717, 1.165) is 16.7 Å². The molecular weight excluding hydrogens is 350 g/mol. The molecule has 0 saturated carbocycles. The highest BCUT2D eigenvalue weighted by atomic mass is 16.2. The topological polar surface area (TPSA) is 70.6 Å². The molecule has 140 valence electrons. The fourth-order valence-corrected chi connectivity index (χ4v) is 2.81. The lowest BCUT2D eigenvalue weighted by atomic mass is 9.90. The Morgan fingerprint density at radius 1 is 0.786 bits per heavy atom.